The van der Waals surface area contributed by atoms with Crippen molar-refractivity contribution < 1.29 is 32.0 Å². The smallest absolute Gasteiger partial charge is 0.350 e. The zero-order valence-corrected chi connectivity index (χ0v) is 10.6. The molecule has 0 saturated heterocycles. The van der Waals surface area contributed by atoms with Gasteiger partial charge in [0.25, 0.3) is 0 Å². The van der Waals surface area contributed by atoms with E-state index in [1.54, 1.807) is 0 Å². The molecule has 0 unspecified atom stereocenters. The van der Waals surface area contributed by atoms with Crippen LogP contribution < -0.4 is 16.5 Å². The summed E-state index contributed by atoms with van der Waals surface area (Å²) >= 11 is 0. The van der Waals surface area contributed by atoms with E-state index in [1.807, 2.05) is 13.8 Å². The van der Waals surface area contributed by atoms with Crippen LogP contribution in [0.1, 0.15) is 13.8 Å². The summed E-state index contributed by atoms with van der Waals surface area (Å²) in [5.74, 6) is 0.180. The number of nitrogens with one attached hydrogen (secondary N) is 1. The Morgan fingerprint density at radius 3 is 1.82 bits per heavy atom. The molecule has 0 radical (unpaired) electrons. The maximum absolute atomic E-state index is 8.74. The van der Waals surface area contributed by atoms with Gasteiger partial charge in [-0.05, 0) is 13.8 Å². The van der Waals surface area contributed by atoms with Crippen LogP contribution in [-0.4, -0.2) is 49.5 Å². The summed E-state index contributed by atoms with van der Waals surface area (Å²) in [5.41, 5.74) is 10.4. The van der Waals surface area contributed by atoms with Crippen molar-refractivity contribution in [3.8, 4) is 0 Å². The minimum absolute atomic E-state index is 0.180. The van der Waals surface area contributed by atoms with Gasteiger partial charge in [-0.1, -0.05) is 0 Å². The van der Waals surface area contributed by atoms with E-state index in [0.29, 0.717) is 19.8 Å². The topological polar surface area (TPSA) is 159 Å². The van der Waals surface area contributed by atoms with Crippen molar-refractivity contribution in [1.82, 2.24) is 0 Å². The number of nitrogens with two attached hydrogens (primary N) is 2. The molecule has 7 N–H and O–H groups in total. The molecular formula is C7H20N3O6S+. The summed E-state index contributed by atoms with van der Waals surface area (Å²) in [6, 6.07) is 0. The van der Waals surface area contributed by atoms with Crippen LogP contribution in [0.5, 0.6) is 0 Å². The van der Waals surface area contributed by atoms with Gasteiger partial charge in [0.05, 0.1) is 0 Å². The molecule has 104 valence electrons. The molecule has 0 aliphatic heterocycles. The second-order valence-corrected chi connectivity index (χ2v) is 3.52. The second kappa shape index (κ2) is 10.2. The largest absolute Gasteiger partial charge is 0.394 e. The lowest BCUT2D eigenvalue weighted by atomic mass is 10.6. The summed E-state index contributed by atoms with van der Waals surface area (Å²) in [7, 11) is -4.67. The van der Waals surface area contributed by atoms with Crippen LogP contribution in [-0.2, 0) is 19.9 Å². The summed E-state index contributed by atoms with van der Waals surface area (Å²) < 4.78 is 42.0. The fourth-order valence-corrected chi connectivity index (χ4v) is 0.739. The van der Waals surface area contributed by atoms with E-state index in [1.165, 1.54) is 0 Å². The van der Waals surface area contributed by atoms with Crippen LogP contribution in [0.25, 0.3) is 0 Å². The molecule has 0 aromatic heterocycles. The molecule has 0 heterocycles. The van der Waals surface area contributed by atoms with Crippen LogP contribution in [0.2, 0.25) is 0 Å². The first-order valence-corrected chi connectivity index (χ1v) is 6.15. The summed E-state index contributed by atoms with van der Waals surface area (Å²) in [4.78, 5) is 2.74. The van der Waals surface area contributed by atoms with E-state index in [9.17, 15) is 0 Å². The van der Waals surface area contributed by atoms with Gasteiger partial charge in [-0.3, -0.25) is 25.6 Å². The Balaban J connectivity index is 0. The van der Waals surface area contributed by atoms with Crippen LogP contribution in [0.3, 0.4) is 0 Å². The van der Waals surface area contributed by atoms with E-state index in [4.69, 9.17) is 38.5 Å². The van der Waals surface area contributed by atoms with Crippen LogP contribution in [0.4, 0.5) is 0 Å². The Labute approximate surface area is 100 Å². The number of hydrogen-bond donors (Lipinski definition) is 5. The lowest BCUT2D eigenvalue weighted by Gasteiger charge is -2.13. The Bertz CT molecular complexity index is 287. The van der Waals surface area contributed by atoms with Gasteiger partial charge >= 0.3 is 16.4 Å². The summed E-state index contributed by atoms with van der Waals surface area (Å²) in [6.45, 7) is 5.50. The maximum atomic E-state index is 8.74. The van der Waals surface area contributed by atoms with Crippen molar-refractivity contribution >= 4 is 16.4 Å². The molecule has 10 heteroatoms. The van der Waals surface area contributed by atoms with Crippen LogP contribution in [0, 0.1) is 0 Å². The second-order valence-electron chi connectivity index (χ2n) is 2.62. The van der Waals surface area contributed by atoms with Crippen molar-refractivity contribution in [1.29, 1.82) is 0 Å². The third kappa shape index (κ3) is 25.4. The number of hydrogen-bond acceptors (Lipinski definition) is 4. The Kier molecular flexibility index (Phi) is 11.1. The summed E-state index contributed by atoms with van der Waals surface area (Å²) in [6.07, 6.45) is -0.276. The number of guanidine groups is 1. The molecule has 0 bridgehead atoms. The van der Waals surface area contributed by atoms with Crippen molar-refractivity contribution in [2.24, 2.45) is 11.5 Å². The van der Waals surface area contributed by atoms with E-state index in [2.05, 4.69) is 4.99 Å². The van der Waals surface area contributed by atoms with Crippen molar-refractivity contribution in [2.75, 3.05) is 19.8 Å². The molecule has 0 aromatic carbocycles. The zero-order chi connectivity index (χ0) is 13.9. The first kappa shape index (κ1) is 18.4. The van der Waals surface area contributed by atoms with Crippen molar-refractivity contribution in [3.05, 3.63) is 0 Å². The van der Waals surface area contributed by atoms with E-state index in [-0.39, 0.29) is 12.2 Å². The SMILES string of the molecule is CCOC(C[NH+]=C(N)N)OCC.O=S(=O)(O)O. The molecular weight excluding hydrogens is 254 g/mol. The molecule has 0 spiro atoms. The van der Waals surface area contributed by atoms with Crippen LogP contribution in [0.15, 0.2) is 0 Å². The van der Waals surface area contributed by atoms with Crippen molar-refractivity contribution in [3.63, 3.8) is 0 Å². The van der Waals surface area contributed by atoms with E-state index in [0.717, 1.165) is 0 Å². The number of ether oxygens (including phenoxy) is 2. The van der Waals surface area contributed by atoms with Gasteiger partial charge in [0, 0.05) is 13.2 Å². The normalized spacial score (nSPS) is 10.6. The third-order valence-corrected chi connectivity index (χ3v) is 1.18. The fourth-order valence-electron chi connectivity index (χ4n) is 0.739. The average molecular weight is 274 g/mol. The Hall–Kier alpha value is -0.940. The first-order chi connectivity index (χ1) is 7.70. The van der Waals surface area contributed by atoms with Crippen molar-refractivity contribution in [2.45, 2.75) is 20.1 Å². The molecule has 0 aromatic rings. The third-order valence-electron chi connectivity index (χ3n) is 1.18. The molecule has 0 saturated carbocycles. The first-order valence-electron chi connectivity index (χ1n) is 4.75. The van der Waals surface area contributed by atoms with Gasteiger partial charge in [-0.25, -0.2) is 0 Å². The highest BCUT2D eigenvalue weighted by Crippen LogP contribution is 1.89. The Morgan fingerprint density at radius 2 is 1.59 bits per heavy atom. The maximum Gasteiger partial charge on any atom is 0.394 e. The highest BCUT2D eigenvalue weighted by Gasteiger charge is 2.06. The lowest BCUT2D eigenvalue weighted by molar-refractivity contribution is -0.487. The highest BCUT2D eigenvalue weighted by atomic mass is 32.3. The summed E-state index contributed by atoms with van der Waals surface area (Å²) in [5, 5.41) is 0. The van der Waals surface area contributed by atoms with E-state index >= 15 is 0 Å². The monoisotopic (exact) mass is 274 g/mol. The average Bonchev–Trinajstić information content (AvgIpc) is 2.12. The standard InChI is InChI=1S/C7H17N3O2.H2O4S/c1-3-11-6(12-4-2)5-10-7(8)9;1-5(2,3)4/h6H,3-5H2,1-2H3,(H4,8,9,10);(H2,1,2,3,4)/p+1. The van der Waals surface area contributed by atoms with Gasteiger partial charge in [-0.15, -0.1) is 0 Å². The molecule has 0 rings (SSSR count). The van der Waals surface area contributed by atoms with Gasteiger partial charge in [0.15, 0.2) is 6.29 Å². The molecule has 0 aliphatic carbocycles. The Morgan fingerprint density at radius 1 is 1.24 bits per heavy atom. The van der Waals surface area contributed by atoms with Gasteiger partial charge < -0.3 is 9.47 Å². The molecule has 0 atom stereocenters. The molecule has 0 fully saturated rings. The quantitative estimate of drug-likeness (QED) is 0.149. The fraction of sp³-hybridized carbons (Fsp3) is 0.857. The lowest BCUT2D eigenvalue weighted by Crippen LogP contribution is -2.80. The predicted molar refractivity (Wildman–Crippen MR) is 60.4 cm³/mol. The van der Waals surface area contributed by atoms with E-state index < -0.39 is 10.4 Å². The molecule has 17 heavy (non-hydrogen) atoms. The minimum atomic E-state index is -4.67. The zero-order valence-electron chi connectivity index (χ0n) is 9.79. The molecule has 0 amide bonds. The number of rotatable bonds is 6. The van der Waals surface area contributed by atoms with Gasteiger partial charge in [0.1, 0.15) is 6.54 Å². The molecule has 0 aliphatic rings. The van der Waals surface area contributed by atoms with Gasteiger partial charge in [-0.2, -0.15) is 8.42 Å². The highest BCUT2D eigenvalue weighted by molar-refractivity contribution is 7.79. The van der Waals surface area contributed by atoms with Gasteiger partial charge in [0.2, 0.25) is 0 Å². The molecule has 9 nitrogen and oxygen atoms in total. The predicted octanol–water partition coefficient (Wildman–Crippen LogP) is -2.91. The van der Waals surface area contributed by atoms with Crippen LogP contribution >= 0.6 is 0 Å². The minimum Gasteiger partial charge on any atom is -0.350 e.